The SMILES string of the molecule is c1ccc(CCCc2noc([C@H]3CCCO3)n2)cc1. The van der Waals surface area contributed by atoms with E-state index in [1.54, 1.807) is 0 Å². The molecule has 3 rings (SSSR count). The van der Waals surface area contributed by atoms with Crippen LogP contribution in [-0.2, 0) is 17.6 Å². The molecule has 0 aliphatic carbocycles. The zero-order chi connectivity index (χ0) is 12.9. The number of aromatic nitrogens is 2. The average Bonchev–Trinajstić information content (AvgIpc) is 3.10. The zero-order valence-corrected chi connectivity index (χ0v) is 10.9. The molecule has 1 saturated heterocycles. The van der Waals surface area contributed by atoms with Gasteiger partial charge >= 0.3 is 0 Å². The minimum absolute atomic E-state index is 0.0235. The second kappa shape index (κ2) is 5.97. The van der Waals surface area contributed by atoms with Gasteiger partial charge in [0.25, 0.3) is 5.89 Å². The molecule has 19 heavy (non-hydrogen) atoms. The summed E-state index contributed by atoms with van der Waals surface area (Å²) in [5.41, 5.74) is 1.35. The van der Waals surface area contributed by atoms with Gasteiger partial charge in [-0.1, -0.05) is 35.5 Å². The summed E-state index contributed by atoms with van der Waals surface area (Å²) in [4.78, 5) is 4.42. The first-order valence-electron chi connectivity index (χ1n) is 6.90. The van der Waals surface area contributed by atoms with Crippen molar-refractivity contribution in [3.8, 4) is 0 Å². The molecule has 1 aromatic carbocycles. The Morgan fingerprint density at radius 3 is 2.84 bits per heavy atom. The molecular formula is C15H18N2O2. The number of hydrogen-bond donors (Lipinski definition) is 0. The second-order valence-corrected chi connectivity index (χ2v) is 4.89. The molecule has 0 radical (unpaired) electrons. The van der Waals surface area contributed by atoms with Crippen molar-refractivity contribution in [3.05, 3.63) is 47.6 Å². The minimum atomic E-state index is 0.0235. The van der Waals surface area contributed by atoms with E-state index in [0.717, 1.165) is 44.5 Å². The molecule has 2 heterocycles. The van der Waals surface area contributed by atoms with E-state index in [9.17, 15) is 0 Å². The first-order chi connectivity index (χ1) is 9.42. The third-order valence-corrected chi connectivity index (χ3v) is 3.40. The number of hydrogen-bond acceptors (Lipinski definition) is 4. The van der Waals surface area contributed by atoms with Crippen LogP contribution >= 0.6 is 0 Å². The lowest BCUT2D eigenvalue weighted by molar-refractivity contribution is 0.0835. The fourth-order valence-electron chi connectivity index (χ4n) is 2.37. The number of ether oxygens (including phenoxy) is 1. The van der Waals surface area contributed by atoms with Gasteiger partial charge in [-0.25, -0.2) is 0 Å². The monoisotopic (exact) mass is 258 g/mol. The van der Waals surface area contributed by atoms with Crippen LogP contribution in [0.4, 0.5) is 0 Å². The zero-order valence-electron chi connectivity index (χ0n) is 10.9. The third-order valence-electron chi connectivity index (χ3n) is 3.40. The molecule has 0 bridgehead atoms. The molecule has 0 amide bonds. The maximum absolute atomic E-state index is 5.53. The standard InChI is InChI=1S/C15H18N2O2/c1-2-6-12(7-3-1)8-4-10-14-16-15(19-17-14)13-9-5-11-18-13/h1-3,6-7,13H,4-5,8-11H2/t13-/m1/s1. The summed E-state index contributed by atoms with van der Waals surface area (Å²) >= 11 is 0. The van der Waals surface area contributed by atoms with Crippen molar-refractivity contribution in [2.45, 2.75) is 38.2 Å². The van der Waals surface area contributed by atoms with E-state index in [1.165, 1.54) is 5.56 Å². The molecule has 2 aromatic rings. The van der Waals surface area contributed by atoms with Crippen LogP contribution in [0.25, 0.3) is 0 Å². The van der Waals surface area contributed by atoms with Gasteiger partial charge in [-0.05, 0) is 31.2 Å². The van der Waals surface area contributed by atoms with E-state index in [2.05, 4.69) is 34.4 Å². The highest BCUT2D eigenvalue weighted by atomic mass is 16.5. The van der Waals surface area contributed by atoms with Crippen molar-refractivity contribution < 1.29 is 9.26 Å². The highest BCUT2D eigenvalue weighted by Crippen LogP contribution is 2.27. The van der Waals surface area contributed by atoms with Crippen molar-refractivity contribution >= 4 is 0 Å². The van der Waals surface area contributed by atoms with Crippen LogP contribution < -0.4 is 0 Å². The summed E-state index contributed by atoms with van der Waals surface area (Å²) in [6, 6.07) is 10.5. The highest BCUT2D eigenvalue weighted by molar-refractivity contribution is 5.14. The highest BCUT2D eigenvalue weighted by Gasteiger charge is 2.23. The van der Waals surface area contributed by atoms with Crippen molar-refractivity contribution in [1.29, 1.82) is 0 Å². The van der Waals surface area contributed by atoms with Crippen LogP contribution in [0.5, 0.6) is 0 Å². The van der Waals surface area contributed by atoms with Gasteiger partial charge in [0.15, 0.2) is 5.82 Å². The Labute approximate surface area is 112 Å². The quantitative estimate of drug-likeness (QED) is 0.826. The summed E-state index contributed by atoms with van der Waals surface area (Å²) in [6.07, 6.45) is 5.03. The molecule has 1 fully saturated rings. The predicted octanol–water partition coefficient (Wildman–Crippen LogP) is 3.10. The molecule has 4 nitrogen and oxygen atoms in total. The lowest BCUT2D eigenvalue weighted by atomic mass is 10.1. The minimum Gasteiger partial charge on any atom is -0.368 e. The molecule has 100 valence electrons. The third kappa shape index (κ3) is 3.20. The largest absolute Gasteiger partial charge is 0.368 e. The van der Waals surface area contributed by atoms with Crippen LogP contribution in [0, 0.1) is 0 Å². The first kappa shape index (κ1) is 12.4. The van der Waals surface area contributed by atoms with Gasteiger partial charge in [-0.15, -0.1) is 0 Å². The maximum atomic E-state index is 5.53. The molecular weight excluding hydrogens is 240 g/mol. The van der Waals surface area contributed by atoms with Crippen LogP contribution in [0.3, 0.4) is 0 Å². The van der Waals surface area contributed by atoms with Crippen molar-refractivity contribution in [2.75, 3.05) is 6.61 Å². The fourth-order valence-corrected chi connectivity index (χ4v) is 2.37. The van der Waals surface area contributed by atoms with Crippen LogP contribution in [0.15, 0.2) is 34.9 Å². The number of nitrogens with zero attached hydrogens (tertiary/aromatic N) is 2. The van der Waals surface area contributed by atoms with Gasteiger partial charge in [0.05, 0.1) is 0 Å². The topological polar surface area (TPSA) is 48.2 Å². The van der Waals surface area contributed by atoms with Gasteiger partial charge in [0.1, 0.15) is 6.10 Å². The smallest absolute Gasteiger partial charge is 0.255 e. The van der Waals surface area contributed by atoms with E-state index < -0.39 is 0 Å². The normalized spacial score (nSPS) is 18.8. The number of benzene rings is 1. The molecule has 0 spiro atoms. The number of aryl methyl sites for hydroxylation is 2. The van der Waals surface area contributed by atoms with Crippen molar-refractivity contribution in [3.63, 3.8) is 0 Å². The molecule has 0 N–H and O–H groups in total. The van der Waals surface area contributed by atoms with Gasteiger partial charge in [-0.3, -0.25) is 0 Å². The van der Waals surface area contributed by atoms with Crippen molar-refractivity contribution in [1.82, 2.24) is 10.1 Å². The maximum Gasteiger partial charge on any atom is 0.255 e. The van der Waals surface area contributed by atoms with Gasteiger partial charge < -0.3 is 9.26 Å². The lowest BCUT2D eigenvalue weighted by Crippen LogP contribution is -1.97. The molecule has 4 heteroatoms. The Kier molecular flexibility index (Phi) is 3.89. The predicted molar refractivity (Wildman–Crippen MR) is 70.7 cm³/mol. The number of rotatable bonds is 5. The van der Waals surface area contributed by atoms with E-state index in [0.29, 0.717) is 5.89 Å². The van der Waals surface area contributed by atoms with E-state index in [4.69, 9.17) is 9.26 Å². The van der Waals surface area contributed by atoms with E-state index >= 15 is 0 Å². The summed E-state index contributed by atoms with van der Waals surface area (Å²) in [6.45, 7) is 0.802. The Bertz CT molecular complexity index is 504. The van der Waals surface area contributed by atoms with Gasteiger partial charge in [0, 0.05) is 13.0 Å². The van der Waals surface area contributed by atoms with Crippen LogP contribution in [0.2, 0.25) is 0 Å². The Balaban J connectivity index is 1.50. The Hall–Kier alpha value is -1.68. The van der Waals surface area contributed by atoms with Crippen LogP contribution in [0.1, 0.15) is 42.6 Å². The average molecular weight is 258 g/mol. The first-order valence-corrected chi connectivity index (χ1v) is 6.90. The van der Waals surface area contributed by atoms with Gasteiger partial charge in [0.2, 0.25) is 0 Å². The Morgan fingerprint density at radius 1 is 1.16 bits per heavy atom. The second-order valence-electron chi connectivity index (χ2n) is 4.89. The van der Waals surface area contributed by atoms with E-state index in [1.807, 2.05) is 6.07 Å². The molecule has 1 aromatic heterocycles. The molecule has 1 aliphatic heterocycles. The van der Waals surface area contributed by atoms with E-state index in [-0.39, 0.29) is 6.10 Å². The molecule has 0 saturated carbocycles. The Morgan fingerprint density at radius 2 is 2.05 bits per heavy atom. The summed E-state index contributed by atoms with van der Waals surface area (Å²) in [5.74, 6) is 1.44. The summed E-state index contributed by atoms with van der Waals surface area (Å²) in [7, 11) is 0. The molecule has 0 unspecified atom stereocenters. The summed E-state index contributed by atoms with van der Waals surface area (Å²) in [5, 5.41) is 4.03. The van der Waals surface area contributed by atoms with Gasteiger partial charge in [-0.2, -0.15) is 4.98 Å². The molecule has 1 atom stereocenters. The lowest BCUT2D eigenvalue weighted by Gasteiger charge is -2.00. The van der Waals surface area contributed by atoms with Crippen LogP contribution in [-0.4, -0.2) is 16.7 Å². The fraction of sp³-hybridized carbons (Fsp3) is 0.467. The summed E-state index contributed by atoms with van der Waals surface area (Å²) < 4.78 is 10.8. The van der Waals surface area contributed by atoms with Crippen molar-refractivity contribution in [2.24, 2.45) is 0 Å². The molecule has 1 aliphatic rings.